The number of allylic oxidation sites excluding steroid dienone is 2. The molecule has 0 radical (unpaired) electrons. The molecule has 0 rings (SSSR count). The van der Waals surface area contributed by atoms with Gasteiger partial charge >= 0.3 is 0 Å². The van der Waals surface area contributed by atoms with E-state index in [2.05, 4.69) is 23.6 Å². The highest BCUT2D eigenvalue weighted by atomic mass is 14.9. The summed E-state index contributed by atoms with van der Waals surface area (Å²) in [6, 6.07) is 0.246. The summed E-state index contributed by atoms with van der Waals surface area (Å²) in [6.45, 7) is 9.03. The Bertz CT molecular complexity index is 147. The topological polar surface area (TPSA) is 24.4 Å². The predicted molar refractivity (Wildman–Crippen MR) is 46.4 cm³/mol. The molecule has 0 heterocycles. The van der Waals surface area contributed by atoms with Crippen LogP contribution in [0.5, 0.6) is 0 Å². The van der Waals surface area contributed by atoms with Gasteiger partial charge in [-0.05, 0) is 26.8 Å². The Morgan fingerprint density at radius 2 is 2.30 bits per heavy atom. The first-order valence-electron chi connectivity index (χ1n) is 3.22. The van der Waals surface area contributed by atoms with Gasteiger partial charge in [-0.25, -0.2) is 0 Å². The highest BCUT2D eigenvalue weighted by Gasteiger charge is 2.00. The number of nitrogens with one attached hydrogen (secondary N) is 1. The molecule has 10 heavy (non-hydrogen) atoms. The van der Waals surface area contributed by atoms with E-state index in [4.69, 9.17) is 0 Å². The van der Waals surface area contributed by atoms with Crippen LogP contribution < -0.4 is 5.32 Å². The number of hydrogen-bond donors (Lipinski definition) is 1. The molecule has 0 aromatic rings. The van der Waals surface area contributed by atoms with Crippen molar-refractivity contribution in [3.05, 3.63) is 24.4 Å². The first-order chi connectivity index (χ1) is 4.76. The van der Waals surface area contributed by atoms with Crippen molar-refractivity contribution < 1.29 is 0 Å². The Morgan fingerprint density at radius 3 is 2.60 bits per heavy atom. The zero-order valence-corrected chi connectivity index (χ0v) is 6.59. The van der Waals surface area contributed by atoms with Gasteiger partial charge in [-0.1, -0.05) is 12.7 Å². The Kier molecular flexibility index (Phi) is 4.50. The third-order valence-electron chi connectivity index (χ3n) is 1.35. The quantitative estimate of drug-likeness (QED) is 0.460. The van der Waals surface area contributed by atoms with Gasteiger partial charge in [0, 0.05) is 6.04 Å². The molecule has 0 bridgehead atoms. The second kappa shape index (κ2) is 4.94. The lowest BCUT2D eigenvalue weighted by atomic mass is 10.2. The van der Waals surface area contributed by atoms with Crippen LogP contribution in [0.15, 0.2) is 29.4 Å². The lowest BCUT2D eigenvalue weighted by molar-refractivity contribution is 0.687. The van der Waals surface area contributed by atoms with Crippen LogP contribution in [0, 0.1) is 0 Å². The zero-order valence-electron chi connectivity index (χ0n) is 6.59. The largest absolute Gasteiger partial charge is 0.312 e. The van der Waals surface area contributed by atoms with Gasteiger partial charge in [-0.2, -0.15) is 0 Å². The molecule has 2 heteroatoms. The highest BCUT2D eigenvalue weighted by Crippen LogP contribution is 2.01. The van der Waals surface area contributed by atoms with Crippen molar-refractivity contribution in [2.45, 2.75) is 13.0 Å². The van der Waals surface area contributed by atoms with Crippen LogP contribution in [0.25, 0.3) is 0 Å². The molecule has 0 saturated heterocycles. The maximum Gasteiger partial charge on any atom is 0.0562 e. The maximum atomic E-state index is 3.83. The van der Waals surface area contributed by atoms with Gasteiger partial charge in [0.05, 0.1) is 5.70 Å². The molecule has 2 nitrogen and oxygen atoms in total. The monoisotopic (exact) mass is 138 g/mol. The fraction of sp³-hybridized carbons (Fsp3) is 0.375. The Hall–Kier alpha value is -0.890. The second-order valence-electron chi connectivity index (χ2n) is 2.00. The Labute approximate surface area is 62.4 Å². The van der Waals surface area contributed by atoms with E-state index in [-0.39, 0.29) is 6.04 Å². The van der Waals surface area contributed by atoms with Crippen LogP contribution in [0.1, 0.15) is 6.92 Å². The van der Waals surface area contributed by atoms with Crippen molar-refractivity contribution in [1.29, 1.82) is 0 Å². The van der Waals surface area contributed by atoms with E-state index in [1.807, 2.05) is 20.0 Å². The van der Waals surface area contributed by atoms with E-state index in [1.54, 1.807) is 6.08 Å². The van der Waals surface area contributed by atoms with Crippen molar-refractivity contribution in [3.8, 4) is 0 Å². The van der Waals surface area contributed by atoms with E-state index < -0.39 is 0 Å². The van der Waals surface area contributed by atoms with Crippen molar-refractivity contribution >= 4 is 6.72 Å². The number of hydrogen-bond acceptors (Lipinski definition) is 2. The molecule has 0 aromatic carbocycles. The SMILES string of the molecule is C=C/C=C(\N=C)C(C)NC. The molecule has 0 spiro atoms. The third kappa shape index (κ3) is 2.60. The number of aliphatic imine (C=N–C) groups is 1. The summed E-state index contributed by atoms with van der Waals surface area (Å²) < 4.78 is 0. The lowest BCUT2D eigenvalue weighted by Gasteiger charge is -2.08. The summed E-state index contributed by atoms with van der Waals surface area (Å²) in [4.78, 5) is 3.83. The van der Waals surface area contributed by atoms with Gasteiger partial charge in [-0.15, -0.1) is 0 Å². The second-order valence-corrected chi connectivity index (χ2v) is 2.00. The molecule has 0 fully saturated rings. The van der Waals surface area contributed by atoms with Crippen LogP contribution in [-0.2, 0) is 0 Å². The van der Waals surface area contributed by atoms with E-state index >= 15 is 0 Å². The molecule has 0 saturated carbocycles. The standard InChI is InChI=1S/C8H14N2/c1-5-6-8(10-4)7(2)9-3/h5-7,9H,1,4H2,2-3H3/b8-6-. The van der Waals surface area contributed by atoms with Crippen LogP contribution >= 0.6 is 0 Å². The minimum atomic E-state index is 0.246. The number of nitrogens with zero attached hydrogens (tertiary/aromatic N) is 1. The summed E-state index contributed by atoms with van der Waals surface area (Å²) in [5.41, 5.74) is 0.914. The van der Waals surface area contributed by atoms with Gasteiger partial charge in [-0.3, -0.25) is 4.99 Å². The minimum absolute atomic E-state index is 0.246. The van der Waals surface area contributed by atoms with Crippen LogP contribution in [0.2, 0.25) is 0 Å². The maximum absolute atomic E-state index is 3.83. The molecule has 0 aromatic heterocycles. The molecular formula is C8H14N2. The minimum Gasteiger partial charge on any atom is -0.312 e. The smallest absolute Gasteiger partial charge is 0.0562 e. The molecule has 1 N–H and O–H groups in total. The average molecular weight is 138 g/mol. The van der Waals surface area contributed by atoms with Gasteiger partial charge in [0.15, 0.2) is 0 Å². The normalized spacial score (nSPS) is 14.4. The van der Waals surface area contributed by atoms with Crippen LogP contribution in [0.3, 0.4) is 0 Å². The first kappa shape index (κ1) is 9.11. The average Bonchev–Trinajstić information content (AvgIpc) is 1.99. The van der Waals surface area contributed by atoms with Crippen molar-refractivity contribution in [2.24, 2.45) is 4.99 Å². The summed E-state index contributed by atoms with van der Waals surface area (Å²) in [5.74, 6) is 0. The van der Waals surface area contributed by atoms with E-state index in [0.29, 0.717) is 0 Å². The van der Waals surface area contributed by atoms with Gasteiger partial charge in [0.1, 0.15) is 0 Å². The molecule has 0 aliphatic carbocycles. The Balaban J connectivity index is 4.18. The van der Waals surface area contributed by atoms with Gasteiger partial charge in [0.25, 0.3) is 0 Å². The van der Waals surface area contributed by atoms with Gasteiger partial charge in [0.2, 0.25) is 0 Å². The third-order valence-corrected chi connectivity index (χ3v) is 1.35. The van der Waals surface area contributed by atoms with Gasteiger partial charge < -0.3 is 5.32 Å². The fourth-order valence-electron chi connectivity index (χ4n) is 0.603. The molecule has 0 amide bonds. The molecule has 56 valence electrons. The Morgan fingerprint density at radius 1 is 1.70 bits per heavy atom. The number of rotatable bonds is 4. The lowest BCUT2D eigenvalue weighted by Crippen LogP contribution is -2.22. The molecule has 1 atom stereocenters. The van der Waals surface area contributed by atoms with Crippen molar-refractivity contribution in [1.82, 2.24) is 5.32 Å². The van der Waals surface area contributed by atoms with Crippen LogP contribution in [-0.4, -0.2) is 19.8 Å². The summed E-state index contributed by atoms with van der Waals surface area (Å²) in [5, 5.41) is 3.05. The summed E-state index contributed by atoms with van der Waals surface area (Å²) in [6.07, 6.45) is 3.55. The highest BCUT2D eigenvalue weighted by molar-refractivity contribution is 5.31. The molecule has 0 aliphatic rings. The van der Waals surface area contributed by atoms with E-state index in [0.717, 1.165) is 5.70 Å². The summed E-state index contributed by atoms with van der Waals surface area (Å²) >= 11 is 0. The molecular weight excluding hydrogens is 124 g/mol. The summed E-state index contributed by atoms with van der Waals surface area (Å²) in [7, 11) is 1.88. The number of likely N-dealkylation sites (N-methyl/N-ethyl adjacent to an activating group) is 1. The van der Waals surface area contributed by atoms with Crippen LogP contribution in [0.4, 0.5) is 0 Å². The van der Waals surface area contributed by atoms with Crippen molar-refractivity contribution in [3.63, 3.8) is 0 Å². The molecule has 0 aliphatic heterocycles. The van der Waals surface area contributed by atoms with E-state index in [9.17, 15) is 0 Å². The molecule has 1 unspecified atom stereocenters. The van der Waals surface area contributed by atoms with E-state index in [1.165, 1.54) is 0 Å². The first-order valence-corrected chi connectivity index (χ1v) is 3.22. The fourth-order valence-corrected chi connectivity index (χ4v) is 0.603. The predicted octanol–water partition coefficient (Wildman–Crippen LogP) is 1.36. The zero-order chi connectivity index (χ0) is 7.98. The van der Waals surface area contributed by atoms with Crippen molar-refractivity contribution in [2.75, 3.05) is 7.05 Å².